The number of ether oxygens (including phenoxy) is 2. The predicted octanol–water partition coefficient (Wildman–Crippen LogP) is 2.34. The van der Waals surface area contributed by atoms with Gasteiger partial charge in [0.05, 0.1) is 20.1 Å². The van der Waals surface area contributed by atoms with Gasteiger partial charge < -0.3 is 18.8 Å². The Morgan fingerprint density at radius 1 is 1.12 bits per heavy atom. The van der Waals surface area contributed by atoms with E-state index >= 15 is 0 Å². The van der Waals surface area contributed by atoms with Crippen LogP contribution in [0.1, 0.15) is 17.1 Å². The molecule has 24 heavy (non-hydrogen) atoms. The molecule has 0 saturated heterocycles. The van der Waals surface area contributed by atoms with E-state index in [0.29, 0.717) is 12.3 Å². The Morgan fingerprint density at radius 2 is 1.83 bits per heavy atom. The largest absolute Gasteiger partial charge is 0.484 e. The molecule has 2 aromatic rings. The number of carbonyl (C=O) groups excluding carboxylic acids is 2. The van der Waals surface area contributed by atoms with Crippen LogP contribution < -0.4 is 4.74 Å². The number of methoxy groups -OCH3 is 1. The zero-order chi connectivity index (χ0) is 17.5. The van der Waals surface area contributed by atoms with Crippen molar-refractivity contribution in [2.45, 2.75) is 19.9 Å². The van der Waals surface area contributed by atoms with Crippen molar-refractivity contribution in [2.24, 2.45) is 0 Å². The molecule has 0 aliphatic carbocycles. The quantitative estimate of drug-likeness (QED) is 0.729. The fourth-order valence-electron chi connectivity index (χ4n) is 2.09. The summed E-state index contributed by atoms with van der Waals surface area (Å²) in [5.41, 5.74) is 0.825. The SMILES string of the molecule is COC(=O)Cc1ccc(OCC(=O)N(C)Cc2ccc(C)o2)cc1. The maximum Gasteiger partial charge on any atom is 0.309 e. The molecule has 0 aliphatic heterocycles. The third kappa shape index (κ3) is 5.15. The first-order valence-corrected chi connectivity index (χ1v) is 7.55. The van der Waals surface area contributed by atoms with Gasteiger partial charge in [0.25, 0.3) is 5.91 Å². The van der Waals surface area contributed by atoms with Crippen LogP contribution in [0.3, 0.4) is 0 Å². The molecule has 0 radical (unpaired) electrons. The molecule has 2 rings (SSSR count). The smallest absolute Gasteiger partial charge is 0.309 e. The van der Waals surface area contributed by atoms with E-state index in [4.69, 9.17) is 9.15 Å². The molecule has 0 unspecified atom stereocenters. The second-order valence-corrected chi connectivity index (χ2v) is 5.45. The number of amides is 1. The molecule has 1 aromatic heterocycles. The lowest BCUT2D eigenvalue weighted by molar-refractivity contribution is -0.139. The van der Waals surface area contributed by atoms with Gasteiger partial charge in [-0.25, -0.2) is 0 Å². The number of benzene rings is 1. The molecule has 0 saturated carbocycles. The Kier molecular flexibility index (Phi) is 6.01. The monoisotopic (exact) mass is 331 g/mol. The minimum Gasteiger partial charge on any atom is -0.484 e. The molecular formula is C18H21NO5. The van der Waals surface area contributed by atoms with E-state index in [9.17, 15) is 9.59 Å². The summed E-state index contributed by atoms with van der Waals surface area (Å²) in [5.74, 6) is 1.67. The van der Waals surface area contributed by atoms with Crippen LogP contribution in [0, 0.1) is 6.92 Å². The van der Waals surface area contributed by atoms with E-state index in [-0.39, 0.29) is 24.9 Å². The normalized spacial score (nSPS) is 10.3. The zero-order valence-electron chi connectivity index (χ0n) is 14.1. The molecular weight excluding hydrogens is 310 g/mol. The van der Waals surface area contributed by atoms with Crippen molar-refractivity contribution in [3.63, 3.8) is 0 Å². The zero-order valence-corrected chi connectivity index (χ0v) is 14.1. The summed E-state index contributed by atoms with van der Waals surface area (Å²) in [6.45, 7) is 2.19. The highest BCUT2D eigenvalue weighted by Gasteiger charge is 2.12. The van der Waals surface area contributed by atoms with Gasteiger partial charge >= 0.3 is 5.97 Å². The van der Waals surface area contributed by atoms with Crippen molar-refractivity contribution in [2.75, 3.05) is 20.8 Å². The number of hydrogen-bond acceptors (Lipinski definition) is 5. The maximum absolute atomic E-state index is 12.1. The number of likely N-dealkylation sites (N-methyl/N-ethyl adjacent to an activating group) is 1. The Bertz CT molecular complexity index is 690. The summed E-state index contributed by atoms with van der Waals surface area (Å²) in [5, 5.41) is 0. The van der Waals surface area contributed by atoms with Crippen LogP contribution in [-0.2, 0) is 27.3 Å². The molecule has 0 fully saturated rings. The Morgan fingerprint density at radius 3 is 2.42 bits per heavy atom. The fourth-order valence-corrected chi connectivity index (χ4v) is 2.09. The highest BCUT2D eigenvalue weighted by molar-refractivity contribution is 5.77. The lowest BCUT2D eigenvalue weighted by atomic mass is 10.1. The van der Waals surface area contributed by atoms with Gasteiger partial charge in [-0.3, -0.25) is 9.59 Å². The predicted molar refractivity (Wildman–Crippen MR) is 87.6 cm³/mol. The summed E-state index contributed by atoms with van der Waals surface area (Å²) in [4.78, 5) is 24.8. The van der Waals surface area contributed by atoms with Crippen LogP contribution in [-0.4, -0.2) is 37.5 Å². The topological polar surface area (TPSA) is 69.0 Å². The molecule has 0 bridgehead atoms. The second-order valence-electron chi connectivity index (χ2n) is 5.45. The fraction of sp³-hybridized carbons (Fsp3) is 0.333. The van der Waals surface area contributed by atoms with Crippen molar-refractivity contribution in [3.8, 4) is 5.75 Å². The summed E-state index contributed by atoms with van der Waals surface area (Å²) >= 11 is 0. The van der Waals surface area contributed by atoms with Gasteiger partial charge in [-0.1, -0.05) is 12.1 Å². The highest BCUT2D eigenvalue weighted by atomic mass is 16.5. The van der Waals surface area contributed by atoms with Gasteiger partial charge in [0, 0.05) is 7.05 Å². The number of aryl methyl sites for hydroxylation is 1. The Labute approximate surface area is 141 Å². The minimum absolute atomic E-state index is 0.0630. The van der Waals surface area contributed by atoms with E-state index < -0.39 is 0 Å². The lowest BCUT2D eigenvalue weighted by Crippen LogP contribution is -2.30. The van der Waals surface area contributed by atoms with Crippen molar-refractivity contribution >= 4 is 11.9 Å². The van der Waals surface area contributed by atoms with Gasteiger partial charge in [0.1, 0.15) is 17.3 Å². The van der Waals surface area contributed by atoms with Crippen LogP contribution >= 0.6 is 0 Å². The third-order valence-corrected chi connectivity index (χ3v) is 3.48. The summed E-state index contributed by atoms with van der Waals surface area (Å²) in [7, 11) is 3.05. The number of esters is 1. The molecule has 1 heterocycles. The highest BCUT2D eigenvalue weighted by Crippen LogP contribution is 2.14. The van der Waals surface area contributed by atoms with E-state index in [1.54, 1.807) is 36.2 Å². The Hall–Kier alpha value is -2.76. The maximum atomic E-state index is 12.1. The first-order valence-electron chi connectivity index (χ1n) is 7.55. The first kappa shape index (κ1) is 17.6. The van der Waals surface area contributed by atoms with Gasteiger partial charge in [0.15, 0.2) is 6.61 Å². The minimum atomic E-state index is -0.298. The van der Waals surface area contributed by atoms with E-state index in [2.05, 4.69) is 4.74 Å². The summed E-state index contributed by atoms with van der Waals surface area (Å²) < 4.78 is 15.5. The molecule has 6 nitrogen and oxygen atoms in total. The van der Waals surface area contributed by atoms with Crippen LogP contribution in [0.25, 0.3) is 0 Å². The standard InChI is InChI=1S/C18H21NO5/c1-13-4-7-16(24-13)11-19(2)17(20)12-23-15-8-5-14(6-9-15)10-18(21)22-3/h4-9H,10-12H2,1-3H3. The number of furan rings is 1. The third-order valence-electron chi connectivity index (χ3n) is 3.48. The number of hydrogen-bond donors (Lipinski definition) is 0. The number of carbonyl (C=O) groups is 2. The van der Waals surface area contributed by atoms with Crippen molar-refractivity contribution in [1.82, 2.24) is 4.90 Å². The van der Waals surface area contributed by atoms with Crippen LogP contribution in [0.2, 0.25) is 0 Å². The molecule has 0 aliphatic rings. The molecule has 1 aromatic carbocycles. The van der Waals surface area contributed by atoms with E-state index in [0.717, 1.165) is 17.1 Å². The average Bonchev–Trinajstić information content (AvgIpc) is 2.98. The Balaban J connectivity index is 1.81. The number of rotatable bonds is 7. The lowest BCUT2D eigenvalue weighted by Gasteiger charge is -2.16. The number of nitrogens with zero attached hydrogens (tertiary/aromatic N) is 1. The van der Waals surface area contributed by atoms with E-state index in [1.807, 2.05) is 19.1 Å². The molecule has 0 spiro atoms. The van der Waals surface area contributed by atoms with Gasteiger partial charge in [0.2, 0.25) is 0 Å². The van der Waals surface area contributed by atoms with Crippen LogP contribution in [0.5, 0.6) is 5.75 Å². The van der Waals surface area contributed by atoms with Crippen molar-refractivity contribution in [3.05, 3.63) is 53.5 Å². The average molecular weight is 331 g/mol. The van der Waals surface area contributed by atoms with E-state index in [1.165, 1.54) is 7.11 Å². The molecule has 0 N–H and O–H groups in total. The van der Waals surface area contributed by atoms with Crippen molar-refractivity contribution < 1.29 is 23.5 Å². The van der Waals surface area contributed by atoms with Crippen molar-refractivity contribution in [1.29, 1.82) is 0 Å². The van der Waals surface area contributed by atoms with Gasteiger partial charge in [-0.2, -0.15) is 0 Å². The first-order chi connectivity index (χ1) is 11.5. The second kappa shape index (κ2) is 8.19. The van der Waals surface area contributed by atoms with Crippen LogP contribution in [0.4, 0.5) is 0 Å². The molecule has 0 atom stereocenters. The van der Waals surface area contributed by atoms with Gasteiger partial charge in [-0.05, 0) is 36.8 Å². The van der Waals surface area contributed by atoms with Crippen LogP contribution in [0.15, 0.2) is 40.8 Å². The molecule has 1 amide bonds. The summed E-state index contributed by atoms with van der Waals surface area (Å²) in [6, 6.07) is 10.7. The summed E-state index contributed by atoms with van der Waals surface area (Å²) in [6.07, 6.45) is 0.209. The molecule has 128 valence electrons. The van der Waals surface area contributed by atoms with Gasteiger partial charge in [-0.15, -0.1) is 0 Å². The molecule has 6 heteroatoms.